The number of rotatable bonds is 2. The number of likely N-dealkylation sites (N-methyl/N-ethyl adjacent to an activating group) is 1. The summed E-state index contributed by atoms with van der Waals surface area (Å²) in [5.74, 6) is 0.250. The third-order valence-electron chi connectivity index (χ3n) is 8.52. The predicted octanol–water partition coefficient (Wildman–Crippen LogP) is 2.69. The highest BCUT2D eigenvalue weighted by Gasteiger charge is 2.63. The predicted molar refractivity (Wildman–Crippen MR) is 143 cm³/mol. The van der Waals surface area contributed by atoms with Gasteiger partial charge in [-0.15, -0.1) is 0 Å². The van der Waals surface area contributed by atoms with Gasteiger partial charge in [-0.1, -0.05) is 36.8 Å². The van der Waals surface area contributed by atoms with Crippen molar-refractivity contribution in [3.63, 3.8) is 0 Å². The molecule has 9 nitrogen and oxygen atoms in total. The molecule has 4 bridgehead atoms. The highest BCUT2D eigenvalue weighted by atomic mass is 32.2. The molecule has 1 spiro atoms. The minimum absolute atomic E-state index is 0.0827. The average Bonchev–Trinajstić information content (AvgIpc) is 3.45. The number of hydrogen-bond acceptors (Lipinski definition) is 5. The number of ether oxygens (including phenoxy) is 1. The maximum absolute atomic E-state index is 14.5. The van der Waals surface area contributed by atoms with Crippen LogP contribution in [0.4, 0.5) is 5.69 Å². The van der Waals surface area contributed by atoms with Crippen LogP contribution in [0.5, 0.6) is 5.75 Å². The fourth-order valence-electron chi connectivity index (χ4n) is 6.60. The van der Waals surface area contributed by atoms with Crippen molar-refractivity contribution in [2.45, 2.75) is 43.6 Å². The molecule has 10 heteroatoms. The van der Waals surface area contributed by atoms with Crippen molar-refractivity contribution in [3.8, 4) is 5.75 Å². The number of para-hydroxylation sites is 1. The third-order valence-corrected chi connectivity index (χ3v) is 10.5. The SMILES string of the molecule is CN1CCCOc2cccc(c2)[C@@H]2N(S(=O)(=O)N3CCCCC3)CC[C@]23C(=O)N(CC1=O)c1ccccc13. The average molecular weight is 539 g/mol. The minimum atomic E-state index is -3.84. The molecule has 38 heavy (non-hydrogen) atoms. The van der Waals surface area contributed by atoms with Crippen molar-refractivity contribution in [1.29, 1.82) is 0 Å². The molecule has 202 valence electrons. The number of carbonyl (C=O) groups excluding carboxylic acids is 2. The summed E-state index contributed by atoms with van der Waals surface area (Å²) in [4.78, 5) is 30.9. The third kappa shape index (κ3) is 3.92. The molecular formula is C28H34N4O5S. The molecule has 2 amide bonds. The van der Waals surface area contributed by atoms with E-state index < -0.39 is 21.7 Å². The summed E-state index contributed by atoms with van der Waals surface area (Å²) >= 11 is 0. The molecule has 0 saturated carbocycles. The van der Waals surface area contributed by atoms with Crippen molar-refractivity contribution in [2.75, 3.05) is 51.3 Å². The second kappa shape index (κ2) is 9.66. The fraction of sp³-hybridized carbons (Fsp3) is 0.500. The van der Waals surface area contributed by atoms with Crippen LogP contribution in [0.1, 0.15) is 49.3 Å². The summed E-state index contributed by atoms with van der Waals surface area (Å²) in [6, 6.07) is 14.3. The molecule has 0 unspecified atom stereocenters. The fourth-order valence-corrected chi connectivity index (χ4v) is 8.51. The highest BCUT2D eigenvalue weighted by molar-refractivity contribution is 7.86. The molecule has 2 fully saturated rings. The van der Waals surface area contributed by atoms with Gasteiger partial charge in [0.25, 0.3) is 10.2 Å². The number of piperidine rings is 1. The topological polar surface area (TPSA) is 90.5 Å². The van der Waals surface area contributed by atoms with Crippen LogP contribution < -0.4 is 9.64 Å². The summed E-state index contributed by atoms with van der Waals surface area (Å²) in [7, 11) is -2.10. The summed E-state index contributed by atoms with van der Waals surface area (Å²) in [6.45, 7) is 2.04. The van der Waals surface area contributed by atoms with Crippen molar-refractivity contribution in [3.05, 3.63) is 59.7 Å². The standard InChI is InChI=1S/C28H34N4O5S/c1-29-14-8-18-37-22-10-7-9-21(19-22)26-28(13-17-32(26)38(35,36)30-15-5-2-6-16-30)23-11-3-4-12-24(23)31(27(28)34)20-25(29)33/h3-4,7,9-12,19,26H,2,5-6,8,13-18,20H2,1H3/t26-,28+/m0/s1. The normalized spacial score (nSPS) is 27.0. The molecule has 0 aliphatic carbocycles. The van der Waals surface area contributed by atoms with Crippen LogP contribution in [0.15, 0.2) is 48.5 Å². The molecule has 0 aromatic heterocycles. The Kier molecular flexibility index (Phi) is 6.44. The Morgan fingerprint density at radius 3 is 2.53 bits per heavy atom. The van der Waals surface area contributed by atoms with Crippen LogP contribution in [0.2, 0.25) is 0 Å². The maximum Gasteiger partial charge on any atom is 0.282 e. The van der Waals surface area contributed by atoms with E-state index in [9.17, 15) is 18.0 Å². The Hall–Kier alpha value is -2.95. The van der Waals surface area contributed by atoms with Gasteiger partial charge < -0.3 is 14.5 Å². The Labute approximate surface area is 224 Å². The lowest BCUT2D eigenvalue weighted by Gasteiger charge is -2.37. The first-order valence-electron chi connectivity index (χ1n) is 13.5. The molecule has 2 saturated heterocycles. The number of benzene rings is 2. The Bertz CT molecular complexity index is 1360. The lowest BCUT2D eigenvalue weighted by atomic mass is 9.73. The van der Waals surface area contributed by atoms with E-state index >= 15 is 0 Å². The molecule has 4 aliphatic rings. The van der Waals surface area contributed by atoms with Gasteiger partial charge in [-0.3, -0.25) is 9.59 Å². The quantitative estimate of drug-likeness (QED) is 0.587. The first-order valence-corrected chi connectivity index (χ1v) is 14.9. The van der Waals surface area contributed by atoms with Crippen molar-refractivity contribution >= 4 is 27.7 Å². The van der Waals surface area contributed by atoms with Crippen LogP contribution >= 0.6 is 0 Å². The number of nitrogens with zero attached hydrogens (tertiary/aromatic N) is 4. The van der Waals surface area contributed by atoms with Gasteiger partial charge in [0.1, 0.15) is 12.3 Å². The zero-order valence-electron chi connectivity index (χ0n) is 21.7. The second-order valence-electron chi connectivity index (χ2n) is 10.7. The van der Waals surface area contributed by atoms with E-state index in [2.05, 4.69) is 0 Å². The van der Waals surface area contributed by atoms with E-state index in [1.807, 2.05) is 48.5 Å². The van der Waals surface area contributed by atoms with E-state index in [0.29, 0.717) is 50.5 Å². The second-order valence-corrected chi connectivity index (χ2v) is 12.6. The number of carbonyl (C=O) groups is 2. The van der Waals surface area contributed by atoms with E-state index in [4.69, 9.17) is 4.74 Å². The summed E-state index contributed by atoms with van der Waals surface area (Å²) in [5, 5.41) is 0. The molecule has 4 heterocycles. The maximum atomic E-state index is 14.5. The van der Waals surface area contributed by atoms with E-state index in [-0.39, 0.29) is 24.9 Å². The number of hydrogen-bond donors (Lipinski definition) is 0. The number of anilines is 1. The molecule has 0 N–H and O–H groups in total. The summed E-state index contributed by atoms with van der Waals surface area (Å²) in [5.41, 5.74) is 1.05. The van der Waals surface area contributed by atoms with Crippen LogP contribution in [0.25, 0.3) is 0 Å². The molecule has 2 atom stereocenters. The monoisotopic (exact) mass is 538 g/mol. The van der Waals surface area contributed by atoms with Crippen LogP contribution in [-0.2, 0) is 25.2 Å². The van der Waals surface area contributed by atoms with E-state index in [0.717, 1.165) is 30.4 Å². The van der Waals surface area contributed by atoms with Crippen LogP contribution in [-0.4, -0.2) is 80.1 Å². The van der Waals surface area contributed by atoms with Gasteiger partial charge in [-0.2, -0.15) is 17.0 Å². The van der Waals surface area contributed by atoms with Gasteiger partial charge >= 0.3 is 0 Å². The van der Waals surface area contributed by atoms with E-state index in [1.165, 1.54) is 4.31 Å². The Balaban J connectivity index is 1.54. The van der Waals surface area contributed by atoms with Gasteiger partial charge in [0.2, 0.25) is 11.8 Å². The summed E-state index contributed by atoms with van der Waals surface area (Å²) < 4.78 is 37.4. The van der Waals surface area contributed by atoms with Gasteiger partial charge in [-0.25, -0.2) is 0 Å². The molecule has 6 rings (SSSR count). The van der Waals surface area contributed by atoms with E-state index in [1.54, 1.807) is 21.2 Å². The minimum Gasteiger partial charge on any atom is -0.494 e. The van der Waals surface area contributed by atoms with Crippen molar-refractivity contribution in [2.24, 2.45) is 0 Å². The lowest BCUT2D eigenvalue weighted by molar-refractivity contribution is -0.131. The highest BCUT2D eigenvalue weighted by Crippen LogP contribution is 2.57. The van der Waals surface area contributed by atoms with Gasteiger partial charge in [0.15, 0.2) is 0 Å². The Morgan fingerprint density at radius 1 is 0.921 bits per heavy atom. The van der Waals surface area contributed by atoms with Gasteiger partial charge in [0, 0.05) is 38.9 Å². The molecule has 2 aromatic rings. The van der Waals surface area contributed by atoms with Crippen LogP contribution in [0, 0.1) is 0 Å². The molecule has 4 aliphatic heterocycles. The zero-order valence-corrected chi connectivity index (χ0v) is 22.5. The zero-order chi connectivity index (χ0) is 26.5. The molecule has 0 radical (unpaired) electrons. The molecular weight excluding hydrogens is 504 g/mol. The first kappa shape index (κ1) is 25.3. The van der Waals surface area contributed by atoms with Gasteiger partial charge in [0.05, 0.1) is 18.1 Å². The van der Waals surface area contributed by atoms with Crippen LogP contribution in [0.3, 0.4) is 0 Å². The van der Waals surface area contributed by atoms with Crippen molar-refractivity contribution in [1.82, 2.24) is 13.5 Å². The molecule has 2 aromatic carbocycles. The number of amides is 2. The van der Waals surface area contributed by atoms with Gasteiger partial charge in [-0.05, 0) is 55.0 Å². The largest absolute Gasteiger partial charge is 0.494 e. The number of fused-ring (bicyclic) bond motifs is 6. The smallest absolute Gasteiger partial charge is 0.282 e. The summed E-state index contributed by atoms with van der Waals surface area (Å²) in [6.07, 6.45) is 3.66. The Morgan fingerprint density at radius 2 is 1.71 bits per heavy atom. The lowest BCUT2D eigenvalue weighted by Crippen LogP contribution is -2.50. The first-order chi connectivity index (χ1) is 18.3. The van der Waals surface area contributed by atoms with Crippen molar-refractivity contribution < 1.29 is 22.7 Å².